The van der Waals surface area contributed by atoms with Crippen molar-refractivity contribution in [1.82, 2.24) is 25.3 Å². The van der Waals surface area contributed by atoms with Crippen LogP contribution < -0.4 is 0 Å². The summed E-state index contributed by atoms with van der Waals surface area (Å²) in [7, 11) is 0. The molecule has 0 spiro atoms. The Morgan fingerprint density at radius 3 is 3.00 bits per heavy atom. The molecule has 0 bridgehead atoms. The maximum absolute atomic E-state index is 13.5. The van der Waals surface area contributed by atoms with Gasteiger partial charge in [-0.25, -0.2) is 4.39 Å². The van der Waals surface area contributed by atoms with E-state index in [1.54, 1.807) is 17.9 Å². The topological polar surface area (TPSA) is 97.9 Å². The van der Waals surface area contributed by atoms with Crippen molar-refractivity contribution in [3.63, 3.8) is 0 Å². The number of nitrogens with one attached hydrogen (secondary N) is 2. The highest BCUT2D eigenvalue weighted by molar-refractivity contribution is 5.99. The highest BCUT2D eigenvalue weighted by atomic mass is 19.1. The van der Waals surface area contributed by atoms with E-state index in [1.807, 2.05) is 0 Å². The molecule has 1 aromatic carbocycles. The number of β-amino-alcohol motifs (C(OH)–C–C–N with tert-alkyl or cyclic N) is 1. The smallest absolute Gasteiger partial charge is 0.270 e. The van der Waals surface area contributed by atoms with Crippen molar-refractivity contribution in [2.24, 2.45) is 0 Å². The van der Waals surface area contributed by atoms with Crippen LogP contribution >= 0.6 is 0 Å². The van der Waals surface area contributed by atoms with Gasteiger partial charge in [0.05, 0.1) is 12.7 Å². The second-order valence-corrected chi connectivity index (χ2v) is 6.23. The van der Waals surface area contributed by atoms with Gasteiger partial charge >= 0.3 is 0 Å². The van der Waals surface area contributed by atoms with Gasteiger partial charge in [-0.05, 0) is 30.7 Å². The van der Waals surface area contributed by atoms with Crippen LogP contribution in [0.3, 0.4) is 0 Å². The van der Waals surface area contributed by atoms with Crippen molar-refractivity contribution >= 4 is 16.8 Å². The van der Waals surface area contributed by atoms with Crippen LogP contribution in [-0.4, -0.2) is 49.4 Å². The molecule has 1 aliphatic heterocycles. The first-order valence-electron chi connectivity index (χ1n) is 7.63. The van der Waals surface area contributed by atoms with E-state index >= 15 is 0 Å². The molecule has 2 aromatic heterocycles. The summed E-state index contributed by atoms with van der Waals surface area (Å²) in [5.74, 6) is -0.576. The average molecular weight is 329 g/mol. The highest BCUT2D eigenvalue weighted by Crippen LogP contribution is 2.31. The van der Waals surface area contributed by atoms with Crippen molar-refractivity contribution in [2.45, 2.75) is 18.9 Å². The molecule has 24 heavy (non-hydrogen) atoms. The number of aryl methyl sites for hydroxylation is 1. The van der Waals surface area contributed by atoms with Gasteiger partial charge in [0.15, 0.2) is 0 Å². The van der Waals surface area contributed by atoms with Crippen LogP contribution in [0.15, 0.2) is 24.4 Å². The molecule has 1 amide bonds. The highest BCUT2D eigenvalue weighted by Gasteiger charge is 2.42. The molecule has 0 saturated carbocycles. The van der Waals surface area contributed by atoms with E-state index in [0.717, 1.165) is 10.9 Å². The number of hydrogen-bond acceptors (Lipinski definition) is 4. The van der Waals surface area contributed by atoms with Crippen LogP contribution in [0.5, 0.6) is 0 Å². The summed E-state index contributed by atoms with van der Waals surface area (Å²) < 4.78 is 13.5. The predicted molar refractivity (Wildman–Crippen MR) is 83.8 cm³/mol. The largest absolute Gasteiger partial charge is 0.381 e. The fraction of sp³-hybridized carbons (Fsp3) is 0.312. The molecule has 3 N–H and O–H groups in total. The zero-order valence-electron chi connectivity index (χ0n) is 13.0. The zero-order chi connectivity index (χ0) is 16.9. The van der Waals surface area contributed by atoms with Gasteiger partial charge in [-0.15, -0.1) is 0 Å². The number of benzene rings is 1. The normalized spacial score (nSPS) is 20.9. The maximum atomic E-state index is 13.5. The molecular formula is C16H16FN5O2. The molecule has 8 heteroatoms. The van der Waals surface area contributed by atoms with Gasteiger partial charge in [-0.2, -0.15) is 15.4 Å². The molecule has 3 heterocycles. The zero-order valence-corrected chi connectivity index (χ0v) is 13.0. The van der Waals surface area contributed by atoms with E-state index in [2.05, 4.69) is 20.4 Å². The molecule has 3 aromatic rings. The minimum atomic E-state index is -1.20. The van der Waals surface area contributed by atoms with Gasteiger partial charge < -0.3 is 15.0 Å². The number of aliphatic hydroxyl groups is 1. The monoisotopic (exact) mass is 329 g/mol. The Hall–Kier alpha value is -2.74. The number of H-pyrrole nitrogens is 2. The molecular weight excluding hydrogens is 313 g/mol. The number of rotatable bonds is 2. The molecule has 1 unspecified atom stereocenters. The van der Waals surface area contributed by atoms with Gasteiger partial charge in [0.25, 0.3) is 5.91 Å². The van der Waals surface area contributed by atoms with Gasteiger partial charge in [-0.3, -0.25) is 4.79 Å². The van der Waals surface area contributed by atoms with Crippen molar-refractivity contribution in [3.05, 3.63) is 47.2 Å². The molecule has 7 nitrogen and oxygen atoms in total. The molecule has 0 aliphatic carbocycles. The lowest BCUT2D eigenvalue weighted by atomic mass is 10.00. The third-order valence-electron chi connectivity index (χ3n) is 4.57. The van der Waals surface area contributed by atoms with Crippen LogP contribution in [0.2, 0.25) is 0 Å². The van der Waals surface area contributed by atoms with Crippen LogP contribution in [0.4, 0.5) is 4.39 Å². The number of aromatic amines is 2. The summed E-state index contributed by atoms with van der Waals surface area (Å²) in [6.45, 7) is 2.35. The Balaban J connectivity index is 1.62. The van der Waals surface area contributed by atoms with Crippen LogP contribution in [0.25, 0.3) is 10.9 Å². The first kappa shape index (κ1) is 14.8. The van der Waals surface area contributed by atoms with Crippen molar-refractivity contribution in [2.75, 3.05) is 13.1 Å². The lowest BCUT2D eigenvalue weighted by molar-refractivity contribution is 0.0381. The van der Waals surface area contributed by atoms with E-state index in [4.69, 9.17) is 0 Å². The SMILES string of the molecule is Cc1cc(F)cc2[nH]c(C(=O)N3CCC(O)(c4cn[nH]n4)C3)cc12. The summed E-state index contributed by atoms with van der Waals surface area (Å²) in [6.07, 6.45) is 1.85. The van der Waals surface area contributed by atoms with Gasteiger partial charge in [0, 0.05) is 23.9 Å². The van der Waals surface area contributed by atoms with E-state index < -0.39 is 5.60 Å². The van der Waals surface area contributed by atoms with E-state index in [-0.39, 0.29) is 18.3 Å². The standard InChI is InChI=1S/C16H16FN5O2/c1-9-4-10(17)5-12-11(9)6-13(19-12)15(23)22-3-2-16(24,8-22)14-7-18-21-20-14/h4-7,19,24H,2-3,8H2,1H3,(H,18,20,21). The van der Waals surface area contributed by atoms with Crippen LogP contribution in [0, 0.1) is 12.7 Å². The quantitative estimate of drug-likeness (QED) is 0.663. The van der Waals surface area contributed by atoms with E-state index in [1.165, 1.54) is 18.3 Å². The molecule has 1 atom stereocenters. The lowest BCUT2D eigenvalue weighted by Gasteiger charge is -2.20. The van der Waals surface area contributed by atoms with Crippen LogP contribution in [0.1, 0.15) is 28.2 Å². The first-order chi connectivity index (χ1) is 11.5. The Labute approximate surface area is 136 Å². The van der Waals surface area contributed by atoms with E-state index in [0.29, 0.717) is 29.9 Å². The van der Waals surface area contributed by atoms with Crippen molar-refractivity contribution in [3.8, 4) is 0 Å². The van der Waals surface area contributed by atoms with Crippen LogP contribution in [-0.2, 0) is 5.60 Å². The van der Waals surface area contributed by atoms with E-state index in [9.17, 15) is 14.3 Å². The number of amides is 1. The Morgan fingerprint density at radius 2 is 2.25 bits per heavy atom. The summed E-state index contributed by atoms with van der Waals surface area (Å²) in [4.78, 5) is 17.2. The number of carbonyl (C=O) groups excluding carboxylic acids is 1. The Bertz CT molecular complexity index is 920. The fourth-order valence-corrected chi connectivity index (χ4v) is 3.26. The summed E-state index contributed by atoms with van der Waals surface area (Å²) >= 11 is 0. The number of carbonyl (C=O) groups is 1. The number of aromatic nitrogens is 4. The molecule has 4 rings (SSSR count). The second kappa shape index (κ2) is 5.13. The molecule has 124 valence electrons. The Morgan fingerprint density at radius 1 is 1.42 bits per heavy atom. The lowest BCUT2D eigenvalue weighted by Crippen LogP contribution is -2.34. The fourth-order valence-electron chi connectivity index (χ4n) is 3.26. The Kier molecular flexibility index (Phi) is 3.17. The number of nitrogens with zero attached hydrogens (tertiary/aromatic N) is 3. The number of hydrogen-bond donors (Lipinski definition) is 3. The van der Waals surface area contributed by atoms with Crippen molar-refractivity contribution < 1.29 is 14.3 Å². The third kappa shape index (κ3) is 2.26. The maximum Gasteiger partial charge on any atom is 0.270 e. The number of halogens is 1. The predicted octanol–water partition coefficient (Wildman–Crippen LogP) is 1.47. The third-order valence-corrected chi connectivity index (χ3v) is 4.57. The minimum Gasteiger partial charge on any atom is -0.381 e. The number of likely N-dealkylation sites (tertiary alicyclic amines) is 1. The number of fused-ring (bicyclic) bond motifs is 1. The second-order valence-electron chi connectivity index (χ2n) is 6.23. The molecule has 1 fully saturated rings. The average Bonchev–Trinajstić information content (AvgIpc) is 3.25. The summed E-state index contributed by atoms with van der Waals surface area (Å²) in [5, 5.41) is 21.6. The molecule has 1 aliphatic rings. The molecule has 0 radical (unpaired) electrons. The summed E-state index contributed by atoms with van der Waals surface area (Å²) in [6, 6.07) is 4.53. The van der Waals surface area contributed by atoms with Crippen molar-refractivity contribution in [1.29, 1.82) is 0 Å². The van der Waals surface area contributed by atoms with Gasteiger partial charge in [0.1, 0.15) is 22.8 Å². The van der Waals surface area contributed by atoms with Gasteiger partial charge in [-0.1, -0.05) is 0 Å². The minimum absolute atomic E-state index is 0.140. The van der Waals surface area contributed by atoms with Gasteiger partial charge in [0.2, 0.25) is 0 Å². The molecule has 1 saturated heterocycles. The first-order valence-corrected chi connectivity index (χ1v) is 7.63. The summed E-state index contributed by atoms with van der Waals surface area (Å²) in [5.41, 5.74) is 0.953.